The van der Waals surface area contributed by atoms with Crippen molar-refractivity contribution in [2.75, 3.05) is 18.6 Å². The number of carbonyl (C=O) groups excluding carboxylic acids is 1. The number of nitrogens with two attached hydrogens (primary N) is 1. The summed E-state index contributed by atoms with van der Waals surface area (Å²) in [7, 11) is 1.64. The first-order valence-corrected chi connectivity index (χ1v) is 7.44. The molecule has 2 N–H and O–H groups in total. The summed E-state index contributed by atoms with van der Waals surface area (Å²) in [6.07, 6.45) is 1.96. The van der Waals surface area contributed by atoms with Crippen molar-refractivity contribution in [1.29, 1.82) is 0 Å². The second kappa shape index (κ2) is 8.10. The number of hydrogen-bond acceptors (Lipinski definition) is 5. The number of aromatic nitrogens is 1. The summed E-state index contributed by atoms with van der Waals surface area (Å²) in [4.78, 5) is 18.4. The van der Waals surface area contributed by atoms with Gasteiger partial charge in [0.25, 0.3) is 0 Å². The molecule has 0 saturated carbocycles. The van der Waals surface area contributed by atoms with E-state index in [9.17, 15) is 4.79 Å². The number of ether oxygens (including phenoxy) is 2. The molecule has 1 unspecified atom stereocenters. The summed E-state index contributed by atoms with van der Waals surface area (Å²) in [6.45, 7) is 8.43. The summed E-state index contributed by atoms with van der Waals surface area (Å²) in [5.41, 5.74) is 6.47. The van der Waals surface area contributed by atoms with Crippen LogP contribution >= 0.6 is 0 Å². The SMILES string of the molecule is COCCC(C)N(C(=O)OC(C)(C)C)c1ccc(CN)nc1. The highest BCUT2D eigenvalue weighted by atomic mass is 16.6. The highest BCUT2D eigenvalue weighted by molar-refractivity contribution is 5.88. The Kier molecular flexibility index (Phi) is 6.77. The van der Waals surface area contributed by atoms with E-state index in [1.807, 2.05) is 39.8 Å². The number of rotatable bonds is 6. The van der Waals surface area contributed by atoms with Gasteiger partial charge in [0, 0.05) is 26.3 Å². The fourth-order valence-electron chi connectivity index (χ4n) is 1.95. The average Bonchev–Trinajstić information content (AvgIpc) is 2.44. The molecule has 1 rings (SSSR count). The summed E-state index contributed by atoms with van der Waals surface area (Å²) < 4.78 is 10.6. The lowest BCUT2D eigenvalue weighted by Gasteiger charge is -2.31. The molecule has 1 amide bonds. The van der Waals surface area contributed by atoms with Crippen molar-refractivity contribution in [2.45, 2.75) is 52.3 Å². The standard InChI is InChI=1S/C16H27N3O3/c1-12(8-9-21-5)19(15(20)22-16(2,3)4)14-7-6-13(10-17)18-11-14/h6-7,11-12H,8-10,17H2,1-5H3. The Morgan fingerprint density at radius 2 is 2.09 bits per heavy atom. The fourth-order valence-corrected chi connectivity index (χ4v) is 1.95. The van der Waals surface area contributed by atoms with Gasteiger partial charge in [0.05, 0.1) is 17.6 Å². The molecule has 0 bridgehead atoms. The van der Waals surface area contributed by atoms with Crippen LogP contribution in [-0.2, 0) is 16.0 Å². The molecule has 0 aliphatic carbocycles. The molecule has 0 aliphatic heterocycles. The maximum Gasteiger partial charge on any atom is 0.415 e. The lowest BCUT2D eigenvalue weighted by atomic mass is 10.2. The monoisotopic (exact) mass is 309 g/mol. The molecule has 6 nitrogen and oxygen atoms in total. The quantitative estimate of drug-likeness (QED) is 0.874. The van der Waals surface area contributed by atoms with Gasteiger partial charge in [-0.05, 0) is 46.2 Å². The van der Waals surface area contributed by atoms with Crippen molar-refractivity contribution in [3.8, 4) is 0 Å². The maximum absolute atomic E-state index is 12.5. The fraction of sp³-hybridized carbons (Fsp3) is 0.625. The van der Waals surface area contributed by atoms with Crippen LogP contribution in [0.25, 0.3) is 0 Å². The topological polar surface area (TPSA) is 77.7 Å². The molecule has 6 heteroatoms. The van der Waals surface area contributed by atoms with Crippen LogP contribution in [0.1, 0.15) is 39.8 Å². The minimum atomic E-state index is -0.555. The zero-order valence-corrected chi connectivity index (χ0v) is 14.1. The van der Waals surface area contributed by atoms with Crippen LogP contribution in [0.4, 0.5) is 10.5 Å². The summed E-state index contributed by atoms with van der Waals surface area (Å²) in [5.74, 6) is 0. The van der Waals surface area contributed by atoms with E-state index in [0.717, 1.165) is 5.69 Å². The van der Waals surface area contributed by atoms with E-state index in [1.165, 1.54) is 0 Å². The van der Waals surface area contributed by atoms with Crippen LogP contribution in [-0.4, -0.2) is 36.4 Å². The summed E-state index contributed by atoms with van der Waals surface area (Å²) >= 11 is 0. The van der Waals surface area contributed by atoms with Crippen molar-refractivity contribution in [1.82, 2.24) is 4.98 Å². The Balaban J connectivity index is 3.00. The van der Waals surface area contributed by atoms with Gasteiger partial charge in [-0.15, -0.1) is 0 Å². The van der Waals surface area contributed by atoms with E-state index in [4.69, 9.17) is 15.2 Å². The predicted octanol–water partition coefficient (Wildman–Crippen LogP) is 2.71. The second-order valence-electron chi connectivity index (χ2n) is 6.19. The van der Waals surface area contributed by atoms with Gasteiger partial charge in [-0.2, -0.15) is 0 Å². The predicted molar refractivity (Wildman–Crippen MR) is 86.8 cm³/mol. The van der Waals surface area contributed by atoms with Crippen molar-refractivity contribution in [2.24, 2.45) is 5.73 Å². The third-order valence-corrected chi connectivity index (χ3v) is 3.07. The third-order valence-electron chi connectivity index (χ3n) is 3.07. The van der Waals surface area contributed by atoms with Gasteiger partial charge in [-0.25, -0.2) is 4.79 Å². The molecule has 0 fully saturated rings. The van der Waals surface area contributed by atoms with E-state index >= 15 is 0 Å². The molecule has 0 aliphatic rings. The van der Waals surface area contributed by atoms with E-state index in [1.54, 1.807) is 18.2 Å². The number of nitrogens with zero attached hydrogens (tertiary/aromatic N) is 2. The third kappa shape index (κ3) is 5.61. The zero-order valence-electron chi connectivity index (χ0n) is 14.1. The molecule has 1 aromatic rings. The smallest absolute Gasteiger partial charge is 0.415 e. The van der Waals surface area contributed by atoms with Crippen LogP contribution in [0.5, 0.6) is 0 Å². The minimum absolute atomic E-state index is 0.0691. The minimum Gasteiger partial charge on any atom is -0.443 e. The highest BCUT2D eigenvalue weighted by Crippen LogP contribution is 2.21. The highest BCUT2D eigenvalue weighted by Gasteiger charge is 2.27. The van der Waals surface area contributed by atoms with Gasteiger partial charge in [-0.3, -0.25) is 9.88 Å². The molecule has 1 atom stereocenters. The van der Waals surface area contributed by atoms with Crippen molar-refractivity contribution in [3.05, 3.63) is 24.0 Å². The molecule has 1 aromatic heterocycles. The van der Waals surface area contributed by atoms with Gasteiger partial charge in [0.1, 0.15) is 5.60 Å². The van der Waals surface area contributed by atoms with E-state index in [-0.39, 0.29) is 6.04 Å². The van der Waals surface area contributed by atoms with Crippen LogP contribution in [0.3, 0.4) is 0 Å². The Bertz CT molecular complexity index is 469. The molecule has 124 valence electrons. The maximum atomic E-state index is 12.5. The molecular formula is C16H27N3O3. The van der Waals surface area contributed by atoms with E-state index < -0.39 is 11.7 Å². The molecule has 0 spiro atoms. The normalized spacial score (nSPS) is 12.8. The summed E-state index contributed by atoms with van der Waals surface area (Å²) in [5, 5.41) is 0. The average molecular weight is 309 g/mol. The number of methoxy groups -OCH3 is 1. The molecule has 0 radical (unpaired) electrons. The van der Waals surface area contributed by atoms with Crippen LogP contribution in [0, 0.1) is 0 Å². The van der Waals surface area contributed by atoms with Gasteiger partial charge in [0.2, 0.25) is 0 Å². The number of carbonyl (C=O) groups is 1. The van der Waals surface area contributed by atoms with Crippen LogP contribution in [0.15, 0.2) is 18.3 Å². The number of hydrogen-bond donors (Lipinski definition) is 1. The van der Waals surface area contributed by atoms with Gasteiger partial charge >= 0.3 is 6.09 Å². The second-order valence-corrected chi connectivity index (χ2v) is 6.19. The van der Waals surface area contributed by atoms with Crippen LogP contribution in [0.2, 0.25) is 0 Å². The number of pyridine rings is 1. The summed E-state index contributed by atoms with van der Waals surface area (Å²) in [6, 6.07) is 3.58. The van der Waals surface area contributed by atoms with Crippen molar-refractivity contribution >= 4 is 11.8 Å². The number of amides is 1. The molecule has 0 aromatic carbocycles. The Morgan fingerprint density at radius 1 is 1.41 bits per heavy atom. The Hall–Kier alpha value is -1.66. The van der Waals surface area contributed by atoms with E-state index in [0.29, 0.717) is 25.3 Å². The molecule has 0 saturated heterocycles. The Morgan fingerprint density at radius 3 is 2.55 bits per heavy atom. The molecular weight excluding hydrogens is 282 g/mol. The zero-order chi connectivity index (χ0) is 16.8. The first-order chi connectivity index (χ1) is 10.3. The van der Waals surface area contributed by atoms with Gasteiger partial charge < -0.3 is 15.2 Å². The van der Waals surface area contributed by atoms with Gasteiger partial charge in [0.15, 0.2) is 0 Å². The Labute approximate surface area is 132 Å². The van der Waals surface area contributed by atoms with Crippen molar-refractivity contribution < 1.29 is 14.3 Å². The van der Waals surface area contributed by atoms with Crippen LogP contribution < -0.4 is 10.6 Å². The van der Waals surface area contributed by atoms with E-state index in [2.05, 4.69) is 4.98 Å². The number of anilines is 1. The lowest BCUT2D eigenvalue weighted by molar-refractivity contribution is 0.0561. The van der Waals surface area contributed by atoms with Gasteiger partial charge in [-0.1, -0.05) is 0 Å². The first kappa shape index (κ1) is 18.4. The first-order valence-electron chi connectivity index (χ1n) is 7.44. The van der Waals surface area contributed by atoms with Crippen molar-refractivity contribution in [3.63, 3.8) is 0 Å². The molecule has 1 heterocycles. The lowest BCUT2D eigenvalue weighted by Crippen LogP contribution is -2.43. The molecule has 22 heavy (non-hydrogen) atoms. The largest absolute Gasteiger partial charge is 0.443 e.